The van der Waals surface area contributed by atoms with Gasteiger partial charge < -0.3 is 4.74 Å². The van der Waals surface area contributed by atoms with Gasteiger partial charge in [0.05, 0.1) is 0 Å². The van der Waals surface area contributed by atoms with Gasteiger partial charge in [-0.3, -0.25) is 0 Å². The molecule has 0 atom stereocenters. The van der Waals surface area contributed by atoms with E-state index >= 15 is 0 Å². The molecule has 4 nitrogen and oxygen atoms in total. The van der Waals surface area contributed by atoms with Crippen LogP contribution in [0.25, 0.3) is 0 Å². The largest absolute Gasteiger partial charge is 0.606 e. The van der Waals surface area contributed by atoms with Crippen LogP contribution in [0.2, 0.25) is 0 Å². The molecular formula is C7H10F2O4P+. The van der Waals surface area contributed by atoms with E-state index in [-0.39, 0.29) is 12.8 Å². The molecule has 0 aromatic heterocycles. The van der Waals surface area contributed by atoms with E-state index in [9.17, 15) is 18.0 Å². The molecule has 0 bridgehead atoms. The number of ether oxygens (including phenoxy) is 1. The van der Waals surface area contributed by atoms with Crippen LogP contribution in [0.5, 0.6) is 0 Å². The van der Waals surface area contributed by atoms with E-state index in [2.05, 4.69) is 9.26 Å². The van der Waals surface area contributed by atoms with Gasteiger partial charge >= 0.3 is 25.4 Å². The van der Waals surface area contributed by atoms with Crippen molar-refractivity contribution in [1.29, 1.82) is 0 Å². The maximum atomic E-state index is 13.3. The predicted molar refractivity (Wildman–Crippen MR) is 44.6 cm³/mol. The fourth-order valence-corrected chi connectivity index (χ4v) is 2.63. The predicted octanol–water partition coefficient (Wildman–Crippen LogP) is 2.30. The van der Waals surface area contributed by atoms with Crippen LogP contribution in [0.3, 0.4) is 0 Å². The van der Waals surface area contributed by atoms with Gasteiger partial charge in [0.2, 0.25) is 0 Å². The standard InChI is InChI=1S/C7H10F2O4P/c1-3-7(4-2)12-5(10)6(11)13-14(7,8)9/h3-4H2,1-2H3/q+1. The molecule has 1 rings (SSSR count). The lowest BCUT2D eigenvalue weighted by molar-refractivity contribution is -0.175. The number of carbonyl (C=O) groups excluding carboxylic acids is 2. The molecule has 0 radical (unpaired) electrons. The van der Waals surface area contributed by atoms with Gasteiger partial charge in [0.25, 0.3) is 0 Å². The summed E-state index contributed by atoms with van der Waals surface area (Å²) in [5.41, 5.74) is 0. The van der Waals surface area contributed by atoms with Crippen LogP contribution in [0.4, 0.5) is 8.39 Å². The molecular weight excluding hydrogens is 217 g/mol. The molecule has 0 N–H and O–H groups in total. The Morgan fingerprint density at radius 1 is 1.21 bits per heavy atom. The number of carbonyl (C=O) groups is 2. The first-order valence-electron chi connectivity index (χ1n) is 4.14. The van der Waals surface area contributed by atoms with E-state index in [1.807, 2.05) is 0 Å². The van der Waals surface area contributed by atoms with Gasteiger partial charge in [-0.25, -0.2) is 14.1 Å². The topological polar surface area (TPSA) is 52.6 Å². The fourth-order valence-electron chi connectivity index (χ4n) is 1.25. The Morgan fingerprint density at radius 2 is 1.71 bits per heavy atom. The number of halogens is 2. The van der Waals surface area contributed by atoms with Crippen molar-refractivity contribution in [3.05, 3.63) is 0 Å². The van der Waals surface area contributed by atoms with Crippen LogP contribution >= 0.6 is 8.11 Å². The van der Waals surface area contributed by atoms with Crippen molar-refractivity contribution >= 4 is 20.0 Å². The maximum Gasteiger partial charge on any atom is 0.606 e. The number of rotatable bonds is 2. The minimum absolute atomic E-state index is 0.0662. The third-order valence-electron chi connectivity index (χ3n) is 2.23. The molecule has 80 valence electrons. The minimum atomic E-state index is -4.96. The lowest BCUT2D eigenvalue weighted by atomic mass is 10.2. The quantitative estimate of drug-likeness (QED) is 0.412. The van der Waals surface area contributed by atoms with E-state index < -0.39 is 25.4 Å². The zero-order chi connectivity index (χ0) is 11.0. The Balaban J connectivity index is 3.05. The second-order valence-corrected chi connectivity index (χ2v) is 4.81. The molecule has 14 heavy (non-hydrogen) atoms. The Labute approximate surface area is 80.2 Å². The summed E-state index contributed by atoms with van der Waals surface area (Å²) in [4.78, 5) is 21.4. The number of hydrogen-bond donors (Lipinski definition) is 0. The van der Waals surface area contributed by atoms with Crippen molar-refractivity contribution in [2.45, 2.75) is 32.0 Å². The molecule has 1 fully saturated rings. The average molecular weight is 227 g/mol. The van der Waals surface area contributed by atoms with Crippen molar-refractivity contribution in [2.24, 2.45) is 0 Å². The lowest BCUT2D eigenvalue weighted by Gasteiger charge is -2.30. The normalized spacial score (nSPS) is 24.0. The molecule has 0 spiro atoms. The van der Waals surface area contributed by atoms with Gasteiger partial charge in [-0.15, -0.1) is 0 Å². The third-order valence-corrected chi connectivity index (χ3v) is 4.29. The first-order valence-corrected chi connectivity index (χ1v) is 5.62. The summed E-state index contributed by atoms with van der Waals surface area (Å²) in [5.74, 6) is -2.93. The molecule has 0 amide bonds. The van der Waals surface area contributed by atoms with E-state index in [1.54, 1.807) is 0 Å². The van der Waals surface area contributed by atoms with E-state index in [0.29, 0.717) is 0 Å². The zero-order valence-corrected chi connectivity index (χ0v) is 8.64. The summed E-state index contributed by atoms with van der Waals surface area (Å²) in [6.07, 6.45) is -0.132. The summed E-state index contributed by atoms with van der Waals surface area (Å²) in [6, 6.07) is 0. The van der Waals surface area contributed by atoms with Crippen molar-refractivity contribution < 1.29 is 27.2 Å². The number of esters is 1. The average Bonchev–Trinajstić information content (AvgIpc) is 2.11. The van der Waals surface area contributed by atoms with Gasteiger partial charge in [-0.05, 0) is 0 Å². The van der Waals surface area contributed by atoms with Gasteiger partial charge in [0.1, 0.15) is 0 Å². The molecule has 0 aliphatic carbocycles. The van der Waals surface area contributed by atoms with Crippen molar-refractivity contribution in [3.8, 4) is 0 Å². The molecule has 0 aromatic carbocycles. The van der Waals surface area contributed by atoms with Gasteiger partial charge in [0, 0.05) is 21.2 Å². The highest BCUT2D eigenvalue weighted by molar-refractivity contribution is 7.63. The summed E-state index contributed by atoms with van der Waals surface area (Å²) < 4.78 is 35.0. The second kappa shape index (κ2) is 3.42. The van der Waals surface area contributed by atoms with Crippen LogP contribution in [-0.4, -0.2) is 17.3 Å². The zero-order valence-electron chi connectivity index (χ0n) is 7.75. The molecule has 1 aliphatic rings. The van der Waals surface area contributed by atoms with Crippen LogP contribution in [0.15, 0.2) is 0 Å². The third kappa shape index (κ3) is 1.47. The first-order chi connectivity index (χ1) is 6.38. The van der Waals surface area contributed by atoms with Crippen molar-refractivity contribution in [3.63, 3.8) is 0 Å². The van der Waals surface area contributed by atoms with Gasteiger partial charge in [0.15, 0.2) is 0 Å². The Morgan fingerprint density at radius 3 is 2.14 bits per heavy atom. The molecule has 1 aliphatic heterocycles. The Kier molecular flexibility index (Phi) is 2.76. The van der Waals surface area contributed by atoms with Gasteiger partial charge in [-0.1, -0.05) is 13.8 Å². The molecule has 0 unspecified atom stereocenters. The Hall–Kier alpha value is -0.770. The van der Waals surface area contributed by atoms with Crippen molar-refractivity contribution in [2.75, 3.05) is 0 Å². The molecule has 7 heteroatoms. The summed E-state index contributed by atoms with van der Waals surface area (Å²) in [7, 11) is -4.96. The highest BCUT2D eigenvalue weighted by atomic mass is 31.3. The first kappa shape index (κ1) is 11.3. The smallest absolute Gasteiger partial charge is 0.406 e. The van der Waals surface area contributed by atoms with Crippen molar-refractivity contribution in [1.82, 2.24) is 0 Å². The summed E-state index contributed by atoms with van der Waals surface area (Å²) in [6.45, 7) is 2.92. The highest BCUT2D eigenvalue weighted by Gasteiger charge is 2.74. The number of hydrogen-bond acceptors (Lipinski definition) is 4. The summed E-state index contributed by atoms with van der Waals surface area (Å²) in [5, 5.41) is -1.90. The highest BCUT2D eigenvalue weighted by Crippen LogP contribution is 2.77. The number of cyclic esters (lactones) is 1. The van der Waals surface area contributed by atoms with E-state index in [4.69, 9.17) is 0 Å². The lowest BCUT2D eigenvalue weighted by Crippen LogP contribution is -2.43. The summed E-state index contributed by atoms with van der Waals surface area (Å²) >= 11 is 0. The van der Waals surface area contributed by atoms with Crippen LogP contribution in [0, 0.1) is 0 Å². The second-order valence-electron chi connectivity index (χ2n) is 2.88. The molecule has 1 saturated heterocycles. The van der Waals surface area contributed by atoms with Gasteiger partial charge in [-0.2, -0.15) is 0 Å². The minimum Gasteiger partial charge on any atom is -0.406 e. The fraction of sp³-hybridized carbons (Fsp3) is 0.714. The van der Waals surface area contributed by atoms with E-state index in [1.165, 1.54) is 13.8 Å². The van der Waals surface area contributed by atoms with Crippen LogP contribution in [-0.2, 0) is 18.8 Å². The SMILES string of the molecule is CCC1(CC)OC(=O)C(=O)O[P+]1(F)F. The Bertz CT molecular complexity index is 275. The molecule has 0 aromatic rings. The maximum absolute atomic E-state index is 13.3. The molecule has 0 saturated carbocycles. The molecule has 1 heterocycles. The van der Waals surface area contributed by atoms with Crippen LogP contribution < -0.4 is 0 Å². The monoisotopic (exact) mass is 227 g/mol. The van der Waals surface area contributed by atoms with E-state index in [0.717, 1.165) is 0 Å². The van der Waals surface area contributed by atoms with Crippen LogP contribution in [0.1, 0.15) is 26.7 Å².